The number of amides is 1. The minimum atomic E-state index is 0.235. The van der Waals surface area contributed by atoms with Crippen molar-refractivity contribution in [1.29, 1.82) is 0 Å². The highest BCUT2D eigenvalue weighted by atomic mass is 32.1. The van der Waals surface area contributed by atoms with Gasteiger partial charge in [-0.1, -0.05) is 0 Å². The van der Waals surface area contributed by atoms with E-state index in [2.05, 4.69) is 14.7 Å². The SMILES string of the molecule is CN1CC(Nc2nc(C3CC3)ns2)CCC1=O. The molecule has 1 aromatic heterocycles. The molecule has 92 valence electrons. The van der Waals surface area contributed by atoms with Crippen LogP contribution in [0.5, 0.6) is 0 Å². The van der Waals surface area contributed by atoms with E-state index in [0.29, 0.717) is 18.4 Å². The molecule has 1 saturated carbocycles. The normalized spacial score (nSPS) is 25.1. The maximum atomic E-state index is 11.4. The fourth-order valence-corrected chi connectivity index (χ4v) is 2.83. The summed E-state index contributed by atoms with van der Waals surface area (Å²) in [6.45, 7) is 0.761. The van der Waals surface area contributed by atoms with E-state index < -0.39 is 0 Å². The molecule has 3 rings (SSSR count). The van der Waals surface area contributed by atoms with Crippen molar-refractivity contribution in [1.82, 2.24) is 14.3 Å². The topological polar surface area (TPSA) is 58.1 Å². The molecule has 1 aromatic rings. The first kappa shape index (κ1) is 11.0. The Kier molecular flexibility index (Phi) is 2.74. The number of likely N-dealkylation sites (N-methyl/N-ethyl adjacent to an activating group) is 1. The molecular weight excluding hydrogens is 236 g/mol. The lowest BCUT2D eigenvalue weighted by Gasteiger charge is -2.29. The largest absolute Gasteiger partial charge is 0.356 e. The molecule has 1 amide bonds. The van der Waals surface area contributed by atoms with Crippen molar-refractivity contribution in [2.24, 2.45) is 0 Å². The Morgan fingerprint density at radius 3 is 2.94 bits per heavy atom. The summed E-state index contributed by atoms with van der Waals surface area (Å²) in [4.78, 5) is 17.7. The second kappa shape index (κ2) is 4.25. The summed E-state index contributed by atoms with van der Waals surface area (Å²) in [7, 11) is 1.85. The van der Waals surface area contributed by atoms with Crippen LogP contribution in [0.2, 0.25) is 0 Å². The molecule has 1 aliphatic carbocycles. The Labute approximate surface area is 104 Å². The van der Waals surface area contributed by atoms with Crippen molar-refractivity contribution in [3.8, 4) is 0 Å². The molecule has 1 aliphatic heterocycles. The monoisotopic (exact) mass is 252 g/mol. The van der Waals surface area contributed by atoms with Crippen LogP contribution < -0.4 is 5.32 Å². The zero-order valence-electron chi connectivity index (χ0n) is 9.85. The quantitative estimate of drug-likeness (QED) is 0.884. The van der Waals surface area contributed by atoms with Gasteiger partial charge in [-0.25, -0.2) is 4.98 Å². The molecule has 6 heteroatoms. The summed E-state index contributed by atoms with van der Waals surface area (Å²) in [6.07, 6.45) is 3.98. The van der Waals surface area contributed by atoms with Crippen LogP contribution in [-0.4, -0.2) is 39.8 Å². The number of hydrogen-bond acceptors (Lipinski definition) is 5. The van der Waals surface area contributed by atoms with Crippen molar-refractivity contribution >= 4 is 22.6 Å². The Bertz CT molecular complexity index is 429. The van der Waals surface area contributed by atoms with Crippen LogP contribution in [0, 0.1) is 0 Å². The van der Waals surface area contributed by atoms with E-state index in [1.807, 2.05) is 7.05 Å². The van der Waals surface area contributed by atoms with E-state index in [1.54, 1.807) is 4.90 Å². The number of piperidine rings is 1. The van der Waals surface area contributed by atoms with E-state index in [-0.39, 0.29) is 5.91 Å². The number of carbonyl (C=O) groups is 1. The minimum Gasteiger partial charge on any atom is -0.356 e. The lowest BCUT2D eigenvalue weighted by atomic mass is 10.1. The van der Waals surface area contributed by atoms with Gasteiger partial charge in [0.15, 0.2) is 0 Å². The molecule has 17 heavy (non-hydrogen) atoms. The van der Waals surface area contributed by atoms with Crippen LogP contribution in [0.1, 0.15) is 37.4 Å². The van der Waals surface area contributed by atoms with Gasteiger partial charge in [0.05, 0.1) is 0 Å². The fourth-order valence-electron chi connectivity index (χ4n) is 2.11. The summed E-state index contributed by atoms with van der Waals surface area (Å²) in [6, 6.07) is 0.317. The van der Waals surface area contributed by atoms with E-state index in [4.69, 9.17) is 0 Å². The van der Waals surface area contributed by atoms with Gasteiger partial charge < -0.3 is 10.2 Å². The lowest BCUT2D eigenvalue weighted by molar-refractivity contribution is -0.132. The van der Waals surface area contributed by atoms with Crippen LogP contribution in [-0.2, 0) is 4.79 Å². The molecular formula is C11H16N4OS. The minimum absolute atomic E-state index is 0.235. The molecule has 1 N–H and O–H groups in total. The van der Waals surface area contributed by atoms with Crippen molar-refractivity contribution in [2.75, 3.05) is 18.9 Å². The predicted molar refractivity (Wildman–Crippen MR) is 66.2 cm³/mol. The average Bonchev–Trinajstić information content (AvgIpc) is 3.06. The Balaban J connectivity index is 1.60. The first-order chi connectivity index (χ1) is 8.22. The standard InChI is InChI=1S/C11H16N4OS/c1-15-6-8(4-5-9(15)16)12-11-13-10(14-17-11)7-2-3-7/h7-8H,2-6H2,1H3,(H,12,13,14). The molecule has 1 saturated heterocycles. The number of aromatic nitrogens is 2. The summed E-state index contributed by atoms with van der Waals surface area (Å²) in [5.41, 5.74) is 0. The molecule has 0 bridgehead atoms. The van der Waals surface area contributed by atoms with Crippen molar-refractivity contribution < 1.29 is 4.79 Å². The third-order valence-electron chi connectivity index (χ3n) is 3.34. The summed E-state index contributed by atoms with van der Waals surface area (Å²) in [5.74, 6) is 1.84. The predicted octanol–water partition coefficient (Wildman–Crippen LogP) is 1.45. The van der Waals surface area contributed by atoms with Gasteiger partial charge in [0.1, 0.15) is 5.82 Å². The molecule has 0 radical (unpaired) electrons. The smallest absolute Gasteiger partial charge is 0.222 e. The third kappa shape index (κ3) is 2.41. The average molecular weight is 252 g/mol. The second-order valence-corrected chi connectivity index (χ2v) is 5.64. The number of rotatable bonds is 3. The molecule has 5 nitrogen and oxygen atoms in total. The Morgan fingerprint density at radius 1 is 1.41 bits per heavy atom. The summed E-state index contributed by atoms with van der Waals surface area (Å²) < 4.78 is 4.37. The van der Waals surface area contributed by atoms with Crippen LogP contribution in [0.4, 0.5) is 5.13 Å². The summed E-state index contributed by atoms with van der Waals surface area (Å²) in [5, 5.41) is 4.29. The Hall–Kier alpha value is -1.17. The number of hydrogen-bond donors (Lipinski definition) is 1. The maximum absolute atomic E-state index is 11.4. The highest BCUT2D eigenvalue weighted by Crippen LogP contribution is 2.39. The van der Waals surface area contributed by atoms with Gasteiger partial charge in [-0.05, 0) is 19.3 Å². The summed E-state index contributed by atoms with van der Waals surface area (Å²) >= 11 is 1.44. The number of nitrogens with one attached hydrogen (secondary N) is 1. The van der Waals surface area contributed by atoms with E-state index in [9.17, 15) is 4.79 Å². The maximum Gasteiger partial charge on any atom is 0.222 e. The van der Waals surface area contributed by atoms with Gasteiger partial charge in [0, 0.05) is 43.5 Å². The molecule has 0 aromatic carbocycles. The van der Waals surface area contributed by atoms with E-state index >= 15 is 0 Å². The number of nitrogens with zero attached hydrogens (tertiary/aromatic N) is 3. The van der Waals surface area contributed by atoms with Crippen LogP contribution in [0.15, 0.2) is 0 Å². The van der Waals surface area contributed by atoms with E-state index in [1.165, 1.54) is 24.4 Å². The van der Waals surface area contributed by atoms with Crippen LogP contribution >= 0.6 is 11.5 Å². The van der Waals surface area contributed by atoms with Gasteiger partial charge in [0.2, 0.25) is 11.0 Å². The first-order valence-electron chi connectivity index (χ1n) is 6.06. The van der Waals surface area contributed by atoms with Gasteiger partial charge in [-0.15, -0.1) is 0 Å². The number of carbonyl (C=O) groups excluding carboxylic acids is 1. The number of likely N-dealkylation sites (tertiary alicyclic amines) is 1. The van der Waals surface area contributed by atoms with Gasteiger partial charge in [-0.2, -0.15) is 4.37 Å². The molecule has 2 fully saturated rings. The van der Waals surface area contributed by atoms with E-state index in [0.717, 1.165) is 23.9 Å². The van der Waals surface area contributed by atoms with Crippen molar-refractivity contribution in [2.45, 2.75) is 37.6 Å². The van der Waals surface area contributed by atoms with Gasteiger partial charge >= 0.3 is 0 Å². The van der Waals surface area contributed by atoms with Crippen LogP contribution in [0.25, 0.3) is 0 Å². The highest BCUT2D eigenvalue weighted by molar-refractivity contribution is 7.09. The first-order valence-corrected chi connectivity index (χ1v) is 6.84. The molecule has 0 spiro atoms. The lowest BCUT2D eigenvalue weighted by Crippen LogP contribution is -2.43. The third-order valence-corrected chi connectivity index (χ3v) is 4.00. The van der Waals surface area contributed by atoms with Crippen LogP contribution in [0.3, 0.4) is 0 Å². The zero-order chi connectivity index (χ0) is 11.8. The highest BCUT2D eigenvalue weighted by Gasteiger charge is 2.28. The van der Waals surface area contributed by atoms with Gasteiger partial charge in [-0.3, -0.25) is 4.79 Å². The Morgan fingerprint density at radius 2 is 2.24 bits per heavy atom. The molecule has 1 unspecified atom stereocenters. The number of anilines is 1. The fraction of sp³-hybridized carbons (Fsp3) is 0.727. The second-order valence-electron chi connectivity index (χ2n) is 4.89. The van der Waals surface area contributed by atoms with Crippen molar-refractivity contribution in [3.05, 3.63) is 5.82 Å². The van der Waals surface area contributed by atoms with Gasteiger partial charge in [0.25, 0.3) is 0 Å². The zero-order valence-corrected chi connectivity index (χ0v) is 10.7. The molecule has 2 aliphatic rings. The molecule has 2 heterocycles. The molecule has 1 atom stereocenters. The van der Waals surface area contributed by atoms with Crippen molar-refractivity contribution in [3.63, 3.8) is 0 Å².